The molecule has 0 spiro atoms. The molecule has 0 saturated carbocycles. The number of aryl methyl sites for hydroxylation is 2. The fourth-order valence-corrected chi connectivity index (χ4v) is 4.92. The number of aliphatic hydroxyl groups is 1. The van der Waals surface area contributed by atoms with Gasteiger partial charge in [0.25, 0.3) is 0 Å². The highest BCUT2D eigenvalue weighted by atomic mass is 16.3. The molecule has 0 amide bonds. The van der Waals surface area contributed by atoms with E-state index < -0.39 is 0 Å². The smallest absolute Gasteiger partial charge is 0.0605 e. The SMILES string of the molecule is C.CCCc1cc(NCCc2ccc(C(C)(CC)C(C)O)cc2)ccc1NCC(C)(C)c1ccc(C)cc1. The van der Waals surface area contributed by atoms with Crippen LogP contribution in [0.15, 0.2) is 66.7 Å². The van der Waals surface area contributed by atoms with Crippen molar-refractivity contribution in [3.05, 3.63) is 94.5 Å². The normalized spacial score (nSPS) is 13.8. The number of nitrogens with one attached hydrogen (secondary N) is 2. The Kier molecular flexibility index (Phi) is 11.5. The fraction of sp³-hybridized carbons (Fsp3) is 0.486. The van der Waals surface area contributed by atoms with Crippen LogP contribution in [0.1, 0.15) is 89.6 Å². The number of anilines is 2. The average molecular weight is 517 g/mol. The van der Waals surface area contributed by atoms with Gasteiger partial charge in [0.1, 0.15) is 0 Å². The van der Waals surface area contributed by atoms with Gasteiger partial charge in [-0.1, -0.05) is 103 Å². The van der Waals surface area contributed by atoms with Gasteiger partial charge in [0.15, 0.2) is 0 Å². The zero-order valence-electron chi connectivity index (χ0n) is 24.1. The van der Waals surface area contributed by atoms with Crippen LogP contribution in [0.25, 0.3) is 0 Å². The Morgan fingerprint density at radius 3 is 2.03 bits per heavy atom. The average Bonchev–Trinajstić information content (AvgIpc) is 2.88. The van der Waals surface area contributed by atoms with Crippen LogP contribution in [-0.4, -0.2) is 24.3 Å². The molecule has 0 aliphatic rings. The van der Waals surface area contributed by atoms with Gasteiger partial charge in [-0.05, 0) is 73.6 Å². The highest BCUT2D eigenvalue weighted by molar-refractivity contribution is 5.60. The Labute approximate surface area is 233 Å². The first kappa shape index (κ1) is 31.4. The van der Waals surface area contributed by atoms with Gasteiger partial charge in [-0.15, -0.1) is 0 Å². The minimum atomic E-state index is -0.367. The lowest BCUT2D eigenvalue weighted by Gasteiger charge is -2.32. The molecule has 3 aromatic carbocycles. The van der Waals surface area contributed by atoms with Crippen LogP contribution in [0.5, 0.6) is 0 Å². The second-order valence-electron chi connectivity index (χ2n) is 11.5. The van der Waals surface area contributed by atoms with Crippen molar-refractivity contribution in [1.29, 1.82) is 0 Å². The summed E-state index contributed by atoms with van der Waals surface area (Å²) in [5.41, 5.74) is 8.81. The van der Waals surface area contributed by atoms with Crippen molar-refractivity contribution in [1.82, 2.24) is 0 Å². The monoisotopic (exact) mass is 516 g/mol. The molecule has 3 heteroatoms. The summed E-state index contributed by atoms with van der Waals surface area (Å²) in [5, 5.41) is 17.6. The van der Waals surface area contributed by atoms with Crippen molar-refractivity contribution in [2.75, 3.05) is 23.7 Å². The van der Waals surface area contributed by atoms with Crippen LogP contribution in [0.2, 0.25) is 0 Å². The summed E-state index contributed by atoms with van der Waals surface area (Å²) in [6.45, 7) is 16.9. The summed E-state index contributed by atoms with van der Waals surface area (Å²) >= 11 is 0. The molecule has 0 bridgehead atoms. The zero-order chi connectivity index (χ0) is 27.1. The third-order valence-electron chi connectivity index (χ3n) is 8.19. The maximum atomic E-state index is 10.3. The summed E-state index contributed by atoms with van der Waals surface area (Å²) in [7, 11) is 0. The first-order chi connectivity index (χ1) is 17.6. The van der Waals surface area contributed by atoms with Gasteiger partial charge in [-0.2, -0.15) is 0 Å². The number of hydrogen-bond donors (Lipinski definition) is 3. The number of hydrogen-bond acceptors (Lipinski definition) is 3. The molecule has 0 heterocycles. The second-order valence-corrected chi connectivity index (χ2v) is 11.5. The molecule has 2 atom stereocenters. The zero-order valence-corrected chi connectivity index (χ0v) is 24.1. The van der Waals surface area contributed by atoms with Gasteiger partial charge in [-0.25, -0.2) is 0 Å². The summed E-state index contributed by atoms with van der Waals surface area (Å²) < 4.78 is 0. The van der Waals surface area contributed by atoms with Crippen molar-refractivity contribution < 1.29 is 5.11 Å². The standard InChI is InChI=1S/C34H48N2O.CH4/c1-8-10-28-23-31(19-20-32(28)36-24-33(5,6)29-15-11-25(3)12-16-29)35-22-21-27-13-17-30(18-14-27)34(7,9-2)26(4)37;/h11-20,23,26,35-37H,8-10,21-22,24H2,1-7H3;1H4. The molecule has 3 rings (SSSR count). The molecule has 0 saturated heterocycles. The van der Waals surface area contributed by atoms with Crippen LogP contribution in [-0.2, 0) is 23.7 Å². The van der Waals surface area contributed by atoms with E-state index >= 15 is 0 Å². The number of benzene rings is 3. The van der Waals surface area contributed by atoms with E-state index in [9.17, 15) is 5.11 Å². The molecule has 0 aliphatic heterocycles. The van der Waals surface area contributed by atoms with Gasteiger partial charge >= 0.3 is 0 Å². The van der Waals surface area contributed by atoms with Crippen molar-refractivity contribution >= 4 is 11.4 Å². The second kappa shape index (κ2) is 13.8. The van der Waals surface area contributed by atoms with Gasteiger partial charge < -0.3 is 15.7 Å². The molecule has 2 unspecified atom stereocenters. The largest absolute Gasteiger partial charge is 0.393 e. The Balaban J connectivity index is 0.00000507. The Morgan fingerprint density at radius 2 is 1.45 bits per heavy atom. The summed E-state index contributed by atoms with van der Waals surface area (Å²) in [6.07, 6.45) is 3.69. The minimum Gasteiger partial charge on any atom is -0.393 e. The lowest BCUT2D eigenvalue weighted by atomic mass is 9.75. The Morgan fingerprint density at radius 1 is 0.816 bits per heavy atom. The first-order valence-electron chi connectivity index (χ1n) is 14.0. The highest BCUT2D eigenvalue weighted by Crippen LogP contribution is 2.31. The van der Waals surface area contributed by atoms with E-state index in [0.29, 0.717) is 0 Å². The topological polar surface area (TPSA) is 44.3 Å². The van der Waals surface area contributed by atoms with Gasteiger partial charge in [0.2, 0.25) is 0 Å². The van der Waals surface area contributed by atoms with Crippen LogP contribution in [0, 0.1) is 6.92 Å². The molecular formula is C35H52N2O. The van der Waals surface area contributed by atoms with E-state index in [2.05, 4.69) is 119 Å². The van der Waals surface area contributed by atoms with Crippen molar-refractivity contribution in [2.45, 2.75) is 98.5 Å². The van der Waals surface area contributed by atoms with E-state index in [4.69, 9.17) is 0 Å². The van der Waals surface area contributed by atoms with Crippen molar-refractivity contribution in [2.24, 2.45) is 0 Å². The summed E-state index contributed by atoms with van der Waals surface area (Å²) in [4.78, 5) is 0. The molecule has 3 nitrogen and oxygen atoms in total. The predicted molar refractivity (Wildman–Crippen MR) is 168 cm³/mol. The molecule has 38 heavy (non-hydrogen) atoms. The quantitative estimate of drug-likeness (QED) is 0.213. The third-order valence-corrected chi connectivity index (χ3v) is 8.19. The molecule has 0 radical (unpaired) electrons. The fourth-order valence-electron chi connectivity index (χ4n) is 4.92. The summed E-state index contributed by atoms with van der Waals surface area (Å²) in [5.74, 6) is 0. The summed E-state index contributed by atoms with van der Waals surface area (Å²) in [6, 6.07) is 24.4. The van der Waals surface area contributed by atoms with Crippen LogP contribution < -0.4 is 10.6 Å². The highest BCUT2D eigenvalue weighted by Gasteiger charge is 2.29. The molecule has 3 N–H and O–H groups in total. The predicted octanol–water partition coefficient (Wildman–Crippen LogP) is 8.68. The van der Waals surface area contributed by atoms with E-state index in [1.807, 2.05) is 6.92 Å². The van der Waals surface area contributed by atoms with Gasteiger partial charge in [-0.3, -0.25) is 0 Å². The number of rotatable bonds is 13. The van der Waals surface area contributed by atoms with Gasteiger partial charge in [0, 0.05) is 35.3 Å². The molecule has 0 aromatic heterocycles. The van der Waals surface area contributed by atoms with Gasteiger partial charge in [0.05, 0.1) is 6.10 Å². The molecule has 208 valence electrons. The van der Waals surface area contributed by atoms with E-state index in [1.54, 1.807) is 0 Å². The van der Waals surface area contributed by atoms with Crippen molar-refractivity contribution in [3.8, 4) is 0 Å². The maximum Gasteiger partial charge on any atom is 0.0605 e. The number of aliphatic hydroxyl groups excluding tert-OH is 1. The molecular weight excluding hydrogens is 464 g/mol. The van der Waals surface area contributed by atoms with E-state index in [0.717, 1.165) is 38.8 Å². The van der Waals surface area contributed by atoms with E-state index in [-0.39, 0.29) is 24.4 Å². The van der Waals surface area contributed by atoms with E-state index in [1.165, 1.54) is 39.2 Å². The minimum absolute atomic E-state index is 0. The lowest BCUT2D eigenvalue weighted by Crippen LogP contribution is -2.33. The van der Waals surface area contributed by atoms with Crippen LogP contribution >= 0.6 is 0 Å². The Hall–Kier alpha value is -2.78. The lowest BCUT2D eigenvalue weighted by molar-refractivity contribution is 0.104. The third kappa shape index (κ3) is 7.86. The van der Waals surface area contributed by atoms with Crippen LogP contribution in [0.3, 0.4) is 0 Å². The first-order valence-corrected chi connectivity index (χ1v) is 14.0. The maximum absolute atomic E-state index is 10.3. The van der Waals surface area contributed by atoms with Crippen molar-refractivity contribution in [3.63, 3.8) is 0 Å². The molecule has 0 fully saturated rings. The van der Waals surface area contributed by atoms with Crippen LogP contribution in [0.4, 0.5) is 11.4 Å². The Bertz CT molecular complexity index is 1120. The molecule has 3 aromatic rings. The molecule has 0 aliphatic carbocycles.